The lowest BCUT2D eigenvalue weighted by atomic mass is 10.0. The van der Waals surface area contributed by atoms with Gasteiger partial charge in [0, 0.05) is 23.8 Å². The summed E-state index contributed by atoms with van der Waals surface area (Å²) in [4.78, 5) is 22.3. The van der Waals surface area contributed by atoms with E-state index in [0.717, 1.165) is 11.3 Å². The number of aromatic nitrogens is 2. The molecule has 18 heavy (non-hydrogen) atoms. The molecule has 1 aromatic heterocycles. The van der Waals surface area contributed by atoms with E-state index in [9.17, 15) is 9.59 Å². The molecule has 1 aromatic rings. The van der Waals surface area contributed by atoms with Crippen molar-refractivity contribution in [3.63, 3.8) is 0 Å². The van der Waals surface area contributed by atoms with E-state index in [2.05, 4.69) is 20.8 Å². The van der Waals surface area contributed by atoms with Crippen LogP contribution in [0.1, 0.15) is 25.1 Å². The quantitative estimate of drug-likeness (QED) is 0.618. The average Bonchev–Trinajstić information content (AvgIpc) is 2.71. The van der Waals surface area contributed by atoms with E-state index in [1.165, 1.54) is 0 Å². The Morgan fingerprint density at radius 2 is 2.17 bits per heavy atom. The van der Waals surface area contributed by atoms with Crippen LogP contribution in [0, 0.1) is 12.8 Å². The van der Waals surface area contributed by atoms with Gasteiger partial charge in [0.1, 0.15) is 0 Å². The van der Waals surface area contributed by atoms with Crippen LogP contribution in [0.4, 0.5) is 4.79 Å². The molecule has 2 atom stereocenters. The Morgan fingerprint density at radius 1 is 1.50 bits per heavy atom. The minimum absolute atomic E-state index is 0.350. The van der Waals surface area contributed by atoms with Crippen LogP contribution < -0.4 is 10.6 Å². The zero-order valence-corrected chi connectivity index (χ0v) is 10.7. The normalized spacial score (nSPS) is 13.7. The topological polar surface area (TPSA) is 107 Å². The zero-order valence-electron chi connectivity index (χ0n) is 10.7. The zero-order chi connectivity index (χ0) is 13.7. The van der Waals surface area contributed by atoms with Crippen molar-refractivity contribution in [2.45, 2.75) is 33.4 Å². The lowest BCUT2D eigenvalue weighted by Crippen LogP contribution is -2.45. The van der Waals surface area contributed by atoms with E-state index in [0.29, 0.717) is 6.54 Å². The van der Waals surface area contributed by atoms with Crippen molar-refractivity contribution in [1.82, 2.24) is 20.8 Å². The van der Waals surface area contributed by atoms with Gasteiger partial charge in [-0.05, 0) is 20.8 Å². The number of carbonyl (C=O) groups is 2. The number of aryl methyl sites for hydroxylation is 1. The molecule has 0 aliphatic rings. The van der Waals surface area contributed by atoms with Crippen molar-refractivity contribution >= 4 is 12.0 Å². The molecule has 100 valence electrons. The summed E-state index contributed by atoms with van der Waals surface area (Å²) >= 11 is 0. The lowest BCUT2D eigenvalue weighted by Gasteiger charge is -2.18. The Hall–Kier alpha value is -2.05. The van der Waals surface area contributed by atoms with Crippen molar-refractivity contribution in [3.8, 4) is 0 Å². The summed E-state index contributed by atoms with van der Waals surface area (Å²) in [5.41, 5.74) is 1.78. The second kappa shape index (κ2) is 6.04. The molecule has 1 heterocycles. The van der Waals surface area contributed by atoms with Gasteiger partial charge in [-0.2, -0.15) is 5.10 Å². The van der Waals surface area contributed by atoms with Crippen molar-refractivity contribution in [3.05, 3.63) is 17.5 Å². The smallest absolute Gasteiger partial charge is 0.315 e. The molecule has 1 rings (SSSR count). The molecule has 7 nitrogen and oxygen atoms in total. The molecular weight excluding hydrogens is 236 g/mol. The Labute approximate surface area is 105 Å². The van der Waals surface area contributed by atoms with Crippen LogP contribution in [0.15, 0.2) is 6.20 Å². The fourth-order valence-corrected chi connectivity index (χ4v) is 1.33. The monoisotopic (exact) mass is 254 g/mol. The van der Waals surface area contributed by atoms with Crippen LogP contribution in [0.5, 0.6) is 0 Å². The third kappa shape index (κ3) is 3.76. The number of carbonyl (C=O) groups excluding carboxylic acids is 1. The number of aromatic amines is 1. The van der Waals surface area contributed by atoms with Crippen molar-refractivity contribution in [2.75, 3.05) is 0 Å². The molecule has 0 saturated carbocycles. The number of aliphatic carboxylic acids is 1. The van der Waals surface area contributed by atoms with Crippen LogP contribution in [0.25, 0.3) is 0 Å². The summed E-state index contributed by atoms with van der Waals surface area (Å²) in [6.07, 6.45) is 1.64. The first-order valence-electron chi connectivity index (χ1n) is 5.67. The van der Waals surface area contributed by atoms with E-state index < -0.39 is 24.0 Å². The first-order chi connectivity index (χ1) is 8.41. The standard InChI is InChI=1S/C11H18N4O3/c1-6(10(16)17)7(2)14-11(18)12-4-9-5-13-15-8(9)3/h5-7H,4H2,1-3H3,(H,13,15)(H,16,17)(H2,12,14,18). The van der Waals surface area contributed by atoms with Gasteiger partial charge >= 0.3 is 12.0 Å². The molecule has 0 fully saturated rings. The van der Waals surface area contributed by atoms with Crippen LogP contribution in [-0.4, -0.2) is 33.3 Å². The van der Waals surface area contributed by atoms with E-state index in [1.54, 1.807) is 20.0 Å². The number of hydrogen-bond donors (Lipinski definition) is 4. The summed E-state index contributed by atoms with van der Waals surface area (Å²) in [5.74, 6) is -1.57. The summed E-state index contributed by atoms with van der Waals surface area (Å²) in [7, 11) is 0. The van der Waals surface area contributed by atoms with E-state index in [-0.39, 0.29) is 0 Å². The first-order valence-corrected chi connectivity index (χ1v) is 5.67. The van der Waals surface area contributed by atoms with Crippen molar-refractivity contribution in [1.29, 1.82) is 0 Å². The van der Waals surface area contributed by atoms with Crippen molar-refractivity contribution < 1.29 is 14.7 Å². The average molecular weight is 254 g/mol. The number of rotatable bonds is 5. The van der Waals surface area contributed by atoms with Crippen LogP contribution >= 0.6 is 0 Å². The fraction of sp³-hybridized carbons (Fsp3) is 0.545. The number of urea groups is 1. The summed E-state index contributed by atoms with van der Waals surface area (Å²) in [5, 5.41) is 20.6. The number of H-pyrrole nitrogens is 1. The third-order valence-electron chi connectivity index (χ3n) is 2.87. The molecule has 0 aromatic carbocycles. The van der Waals surface area contributed by atoms with Gasteiger partial charge in [-0.25, -0.2) is 4.79 Å². The Bertz CT molecular complexity index is 430. The van der Waals surface area contributed by atoms with Crippen molar-refractivity contribution in [2.24, 2.45) is 5.92 Å². The highest BCUT2D eigenvalue weighted by Crippen LogP contribution is 2.03. The number of amides is 2. The first kappa shape index (κ1) is 14.0. The Morgan fingerprint density at radius 3 is 2.67 bits per heavy atom. The Balaban J connectivity index is 2.38. The molecule has 0 saturated heterocycles. The molecule has 0 aliphatic carbocycles. The largest absolute Gasteiger partial charge is 0.481 e. The molecule has 0 aliphatic heterocycles. The molecule has 0 bridgehead atoms. The predicted molar refractivity (Wildman–Crippen MR) is 65.0 cm³/mol. The summed E-state index contributed by atoms with van der Waals surface area (Å²) in [6.45, 7) is 5.41. The minimum atomic E-state index is -0.937. The molecule has 0 spiro atoms. The second-order valence-electron chi connectivity index (χ2n) is 4.26. The highest BCUT2D eigenvalue weighted by Gasteiger charge is 2.20. The van der Waals surface area contributed by atoms with E-state index >= 15 is 0 Å². The van der Waals surface area contributed by atoms with Gasteiger partial charge in [0.15, 0.2) is 0 Å². The lowest BCUT2D eigenvalue weighted by molar-refractivity contribution is -0.141. The maximum Gasteiger partial charge on any atom is 0.315 e. The number of nitrogens with zero attached hydrogens (tertiary/aromatic N) is 1. The van der Waals surface area contributed by atoms with Gasteiger partial charge < -0.3 is 15.7 Å². The molecular formula is C11H18N4O3. The SMILES string of the molecule is Cc1[nH]ncc1CNC(=O)NC(C)C(C)C(=O)O. The van der Waals surface area contributed by atoms with Gasteiger partial charge in [0.2, 0.25) is 0 Å². The summed E-state index contributed by atoms with van der Waals surface area (Å²) in [6, 6.07) is -0.829. The van der Waals surface area contributed by atoms with E-state index in [1.807, 2.05) is 6.92 Å². The van der Waals surface area contributed by atoms with Gasteiger partial charge in [0.25, 0.3) is 0 Å². The maximum atomic E-state index is 11.5. The van der Waals surface area contributed by atoms with Gasteiger partial charge in [-0.1, -0.05) is 0 Å². The molecule has 0 radical (unpaired) electrons. The second-order valence-corrected chi connectivity index (χ2v) is 4.26. The predicted octanol–water partition coefficient (Wildman–Crippen LogP) is 0.627. The molecule has 7 heteroatoms. The van der Waals surface area contributed by atoms with E-state index in [4.69, 9.17) is 5.11 Å². The number of carboxylic acid groups (broad SMARTS) is 1. The highest BCUT2D eigenvalue weighted by molar-refractivity contribution is 5.76. The number of hydrogen-bond acceptors (Lipinski definition) is 3. The fourth-order valence-electron chi connectivity index (χ4n) is 1.33. The maximum absolute atomic E-state index is 11.5. The highest BCUT2D eigenvalue weighted by atomic mass is 16.4. The van der Waals surface area contributed by atoms with Gasteiger partial charge in [0.05, 0.1) is 12.1 Å². The van der Waals surface area contributed by atoms with Crippen LogP contribution in [0.3, 0.4) is 0 Å². The van der Waals surface area contributed by atoms with Crippen LogP contribution in [-0.2, 0) is 11.3 Å². The van der Waals surface area contributed by atoms with Gasteiger partial charge in [-0.15, -0.1) is 0 Å². The number of nitrogens with one attached hydrogen (secondary N) is 3. The van der Waals surface area contributed by atoms with Crippen LogP contribution in [0.2, 0.25) is 0 Å². The molecule has 4 N–H and O–H groups in total. The van der Waals surface area contributed by atoms with Gasteiger partial charge in [-0.3, -0.25) is 9.89 Å². The minimum Gasteiger partial charge on any atom is -0.481 e. The third-order valence-corrected chi connectivity index (χ3v) is 2.87. The molecule has 2 unspecified atom stereocenters. The number of carboxylic acids is 1. The Kier molecular flexibility index (Phi) is 4.70. The molecule has 2 amide bonds. The summed E-state index contributed by atoms with van der Waals surface area (Å²) < 4.78 is 0.